The fraction of sp³-hybridized carbons (Fsp3) is 0.333. The fourth-order valence-corrected chi connectivity index (χ4v) is 1.55. The summed E-state index contributed by atoms with van der Waals surface area (Å²) in [6.07, 6.45) is 4.55. The molecule has 0 aromatic carbocycles. The maximum atomic E-state index is 11.3. The second-order valence-corrected chi connectivity index (χ2v) is 3.28. The number of fused-ring (bicyclic) bond motifs is 1. The van der Waals surface area contributed by atoms with Crippen LogP contribution in [0.5, 0.6) is 0 Å². The number of allylic oxidation sites excluding steroid dienone is 2. The van der Waals surface area contributed by atoms with Gasteiger partial charge < -0.3 is 5.32 Å². The van der Waals surface area contributed by atoms with Gasteiger partial charge in [0.25, 0.3) is 5.91 Å². The normalized spacial score (nSPS) is 26.7. The molecule has 1 aliphatic heterocycles. The second kappa shape index (κ2) is 2.73. The van der Waals surface area contributed by atoms with Crippen molar-refractivity contribution < 1.29 is 9.59 Å². The maximum Gasteiger partial charge on any atom is 0.322 e. The third-order valence-corrected chi connectivity index (χ3v) is 2.21. The van der Waals surface area contributed by atoms with Crippen molar-refractivity contribution in [1.82, 2.24) is 10.6 Å². The molecule has 0 saturated carbocycles. The molecule has 0 spiro atoms. The molecule has 1 fully saturated rings. The van der Waals surface area contributed by atoms with E-state index in [1.807, 2.05) is 19.1 Å². The average molecular weight is 178 g/mol. The number of imide groups is 1. The number of amides is 3. The standard InChI is InChI=1S/C9H10N2O2/c1-5-2-3-6-7(4-5)10-9(13)11-8(6)12/h3-4,7H,2H2,1H3,(H2,10,11,12,13). The van der Waals surface area contributed by atoms with Gasteiger partial charge in [0.2, 0.25) is 0 Å². The van der Waals surface area contributed by atoms with Gasteiger partial charge in [-0.3, -0.25) is 10.1 Å². The zero-order valence-electron chi connectivity index (χ0n) is 7.26. The van der Waals surface area contributed by atoms with Crippen LogP contribution in [0.25, 0.3) is 0 Å². The highest BCUT2D eigenvalue weighted by molar-refractivity contribution is 6.08. The van der Waals surface area contributed by atoms with E-state index in [4.69, 9.17) is 0 Å². The third kappa shape index (κ3) is 1.35. The van der Waals surface area contributed by atoms with E-state index < -0.39 is 6.03 Å². The molecule has 1 heterocycles. The number of hydrogen-bond donors (Lipinski definition) is 2. The van der Waals surface area contributed by atoms with Crippen molar-refractivity contribution in [2.24, 2.45) is 0 Å². The van der Waals surface area contributed by atoms with Crippen molar-refractivity contribution >= 4 is 11.9 Å². The van der Waals surface area contributed by atoms with Crippen molar-refractivity contribution in [1.29, 1.82) is 0 Å². The molecule has 1 aliphatic carbocycles. The molecule has 13 heavy (non-hydrogen) atoms. The van der Waals surface area contributed by atoms with Gasteiger partial charge in [-0.1, -0.05) is 17.7 Å². The molecular formula is C9H10N2O2. The Morgan fingerprint density at radius 1 is 1.46 bits per heavy atom. The van der Waals surface area contributed by atoms with Crippen LogP contribution in [0.2, 0.25) is 0 Å². The van der Waals surface area contributed by atoms with Gasteiger partial charge in [-0.15, -0.1) is 0 Å². The summed E-state index contributed by atoms with van der Waals surface area (Å²) in [6.45, 7) is 1.98. The summed E-state index contributed by atoms with van der Waals surface area (Å²) in [6, 6.07) is -0.645. The van der Waals surface area contributed by atoms with Gasteiger partial charge in [-0.25, -0.2) is 4.79 Å². The highest BCUT2D eigenvalue weighted by atomic mass is 16.2. The van der Waals surface area contributed by atoms with E-state index in [2.05, 4.69) is 10.6 Å². The fourth-order valence-electron chi connectivity index (χ4n) is 1.55. The molecule has 2 aliphatic rings. The molecule has 0 aromatic heterocycles. The highest BCUT2D eigenvalue weighted by Crippen LogP contribution is 2.19. The van der Waals surface area contributed by atoms with Crippen LogP contribution in [0.1, 0.15) is 13.3 Å². The first-order valence-electron chi connectivity index (χ1n) is 4.16. The highest BCUT2D eigenvalue weighted by Gasteiger charge is 2.29. The van der Waals surface area contributed by atoms with Gasteiger partial charge in [0.1, 0.15) is 0 Å². The van der Waals surface area contributed by atoms with Crippen molar-refractivity contribution in [2.45, 2.75) is 19.4 Å². The van der Waals surface area contributed by atoms with Gasteiger partial charge in [0.05, 0.1) is 6.04 Å². The lowest BCUT2D eigenvalue weighted by Gasteiger charge is -2.26. The number of urea groups is 1. The van der Waals surface area contributed by atoms with Crippen molar-refractivity contribution in [2.75, 3.05) is 0 Å². The van der Waals surface area contributed by atoms with E-state index in [0.717, 1.165) is 6.42 Å². The lowest BCUT2D eigenvalue weighted by Crippen LogP contribution is -2.53. The molecule has 1 saturated heterocycles. The summed E-state index contributed by atoms with van der Waals surface area (Å²) in [5, 5.41) is 4.87. The smallest absolute Gasteiger partial charge is 0.322 e. The molecule has 1 atom stereocenters. The molecule has 2 N–H and O–H groups in total. The minimum Gasteiger partial charge on any atom is -0.327 e. The Kier molecular flexibility index (Phi) is 1.69. The molecule has 0 bridgehead atoms. The largest absolute Gasteiger partial charge is 0.327 e. The van der Waals surface area contributed by atoms with E-state index in [1.54, 1.807) is 0 Å². The summed E-state index contributed by atoms with van der Waals surface area (Å²) < 4.78 is 0. The van der Waals surface area contributed by atoms with Gasteiger partial charge >= 0.3 is 6.03 Å². The van der Waals surface area contributed by atoms with Crippen LogP contribution in [0.3, 0.4) is 0 Å². The number of hydrogen-bond acceptors (Lipinski definition) is 2. The first-order valence-corrected chi connectivity index (χ1v) is 4.16. The maximum absolute atomic E-state index is 11.3. The summed E-state index contributed by atoms with van der Waals surface area (Å²) in [7, 11) is 0. The van der Waals surface area contributed by atoms with E-state index >= 15 is 0 Å². The zero-order chi connectivity index (χ0) is 9.42. The topological polar surface area (TPSA) is 58.2 Å². The quantitative estimate of drug-likeness (QED) is 0.530. The van der Waals surface area contributed by atoms with E-state index in [1.165, 1.54) is 5.57 Å². The molecular weight excluding hydrogens is 168 g/mol. The van der Waals surface area contributed by atoms with Crippen LogP contribution >= 0.6 is 0 Å². The van der Waals surface area contributed by atoms with Crippen LogP contribution in [-0.4, -0.2) is 18.0 Å². The minimum atomic E-state index is -0.418. The Morgan fingerprint density at radius 3 is 3.00 bits per heavy atom. The monoisotopic (exact) mass is 178 g/mol. The number of nitrogens with one attached hydrogen (secondary N) is 2. The molecule has 3 amide bonds. The Hall–Kier alpha value is -1.58. The summed E-state index contributed by atoms with van der Waals surface area (Å²) in [4.78, 5) is 22.2. The van der Waals surface area contributed by atoms with Crippen molar-refractivity contribution in [3.8, 4) is 0 Å². The lowest BCUT2D eigenvalue weighted by molar-refractivity contribution is -0.117. The van der Waals surface area contributed by atoms with Gasteiger partial charge in [0, 0.05) is 5.57 Å². The summed E-state index contributed by atoms with van der Waals surface area (Å²) >= 11 is 0. The van der Waals surface area contributed by atoms with Crippen LogP contribution in [0, 0.1) is 0 Å². The van der Waals surface area contributed by atoms with Crippen LogP contribution in [0.15, 0.2) is 23.3 Å². The van der Waals surface area contributed by atoms with E-state index in [-0.39, 0.29) is 11.9 Å². The molecule has 0 radical (unpaired) electrons. The third-order valence-electron chi connectivity index (χ3n) is 2.21. The lowest BCUT2D eigenvalue weighted by atomic mass is 9.94. The van der Waals surface area contributed by atoms with E-state index in [9.17, 15) is 9.59 Å². The van der Waals surface area contributed by atoms with Crippen molar-refractivity contribution in [3.63, 3.8) is 0 Å². The number of carbonyl (C=O) groups is 2. The SMILES string of the molecule is CC1=CC2NC(=O)NC(=O)C2=CC1. The van der Waals surface area contributed by atoms with E-state index in [0.29, 0.717) is 5.57 Å². The molecule has 2 rings (SSSR count). The van der Waals surface area contributed by atoms with Crippen LogP contribution in [-0.2, 0) is 4.79 Å². The minimum absolute atomic E-state index is 0.227. The van der Waals surface area contributed by atoms with Gasteiger partial charge in [0.15, 0.2) is 0 Å². The predicted molar refractivity (Wildman–Crippen MR) is 46.9 cm³/mol. The first kappa shape index (κ1) is 8.04. The Labute approximate surface area is 75.7 Å². The Bertz CT molecular complexity index is 342. The van der Waals surface area contributed by atoms with Gasteiger partial charge in [-0.2, -0.15) is 0 Å². The van der Waals surface area contributed by atoms with Crippen LogP contribution in [0.4, 0.5) is 4.79 Å². The molecule has 4 nitrogen and oxygen atoms in total. The number of rotatable bonds is 0. The van der Waals surface area contributed by atoms with Crippen molar-refractivity contribution in [3.05, 3.63) is 23.3 Å². The van der Waals surface area contributed by atoms with Crippen LogP contribution < -0.4 is 10.6 Å². The molecule has 0 aromatic rings. The average Bonchev–Trinajstić information content (AvgIpc) is 2.02. The summed E-state index contributed by atoms with van der Waals surface area (Å²) in [5.74, 6) is -0.280. The Morgan fingerprint density at radius 2 is 2.23 bits per heavy atom. The van der Waals surface area contributed by atoms with Gasteiger partial charge in [-0.05, 0) is 13.3 Å². The zero-order valence-corrected chi connectivity index (χ0v) is 7.26. The summed E-state index contributed by atoms with van der Waals surface area (Å²) in [5.41, 5.74) is 1.81. The first-order chi connectivity index (χ1) is 6.16. The molecule has 68 valence electrons. The number of carbonyl (C=O) groups excluding carboxylic acids is 2. The molecule has 1 unspecified atom stereocenters. The predicted octanol–water partition coefficient (Wildman–Crippen LogP) is 0.471. The molecule has 4 heteroatoms. The Balaban J connectivity index is 2.30. The second-order valence-electron chi connectivity index (χ2n) is 3.28.